The molecule has 2 aromatic carbocycles. The summed E-state index contributed by atoms with van der Waals surface area (Å²) in [5, 5.41) is 25.6. The minimum absolute atomic E-state index is 0.0507. The van der Waals surface area contributed by atoms with Crippen LogP contribution in [0, 0.1) is 0 Å². The lowest BCUT2D eigenvalue weighted by atomic mass is 9.93. The van der Waals surface area contributed by atoms with Crippen molar-refractivity contribution in [2.45, 2.75) is 50.7 Å². The molecule has 9 heteroatoms. The Kier molecular flexibility index (Phi) is 8.18. The van der Waals surface area contributed by atoms with Crippen molar-refractivity contribution >= 4 is 17.4 Å². The highest BCUT2D eigenvalue weighted by atomic mass is 16.5. The number of piperidine rings is 1. The van der Waals surface area contributed by atoms with Gasteiger partial charge in [-0.2, -0.15) is 4.52 Å². The van der Waals surface area contributed by atoms with Crippen molar-refractivity contribution in [1.82, 2.24) is 24.7 Å². The van der Waals surface area contributed by atoms with Crippen molar-refractivity contribution in [3.63, 3.8) is 0 Å². The third-order valence-electron chi connectivity index (χ3n) is 7.38. The number of carboxylic acid groups (broad SMARTS) is 1. The Morgan fingerprint density at radius 2 is 1.64 bits per heavy atom. The van der Waals surface area contributed by atoms with E-state index in [2.05, 4.69) is 74.0 Å². The van der Waals surface area contributed by atoms with Crippen LogP contribution < -0.4 is 5.32 Å². The van der Waals surface area contributed by atoms with Crippen LogP contribution in [-0.2, 0) is 14.9 Å². The van der Waals surface area contributed by atoms with Gasteiger partial charge < -0.3 is 20.1 Å². The maximum Gasteiger partial charge on any atom is 0.316 e. The molecule has 204 valence electrons. The fourth-order valence-corrected chi connectivity index (χ4v) is 4.95. The van der Waals surface area contributed by atoms with Gasteiger partial charge in [0.2, 0.25) is 0 Å². The first kappa shape index (κ1) is 26.8. The van der Waals surface area contributed by atoms with E-state index in [1.54, 1.807) is 19.9 Å². The first-order valence-electron chi connectivity index (χ1n) is 13.6. The lowest BCUT2D eigenvalue weighted by Crippen LogP contribution is -2.38. The first-order chi connectivity index (χ1) is 18.9. The van der Waals surface area contributed by atoms with Gasteiger partial charge in [0.25, 0.3) is 0 Å². The highest BCUT2D eigenvalue weighted by Crippen LogP contribution is 2.30. The van der Waals surface area contributed by atoms with Gasteiger partial charge in [0.15, 0.2) is 11.5 Å². The van der Waals surface area contributed by atoms with Gasteiger partial charge in [-0.1, -0.05) is 60.7 Å². The van der Waals surface area contributed by atoms with Crippen molar-refractivity contribution in [1.29, 1.82) is 0 Å². The van der Waals surface area contributed by atoms with Gasteiger partial charge in [0.1, 0.15) is 17.3 Å². The molecule has 4 aromatic rings. The van der Waals surface area contributed by atoms with Gasteiger partial charge in [-0.05, 0) is 62.9 Å². The van der Waals surface area contributed by atoms with E-state index in [0.717, 1.165) is 45.4 Å². The number of aliphatic carboxylic acids is 1. The second-order valence-electron chi connectivity index (χ2n) is 10.6. The van der Waals surface area contributed by atoms with Crippen molar-refractivity contribution < 1.29 is 14.6 Å². The Hall–Kier alpha value is -3.82. The second kappa shape index (κ2) is 11.9. The van der Waals surface area contributed by atoms with E-state index in [0.29, 0.717) is 17.3 Å². The number of ether oxygens (including phenoxy) is 1. The summed E-state index contributed by atoms with van der Waals surface area (Å²) in [7, 11) is 0. The summed E-state index contributed by atoms with van der Waals surface area (Å²) in [6.07, 6.45) is 3.17. The Morgan fingerprint density at radius 3 is 2.26 bits per heavy atom. The molecule has 2 N–H and O–H groups in total. The smallest absolute Gasteiger partial charge is 0.316 e. The number of hydrogen-bond acceptors (Lipinski definition) is 7. The van der Waals surface area contributed by atoms with Crippen molar-refractivity contribution in [3.8, 4) is 0 Å². The van der Waals surface area contributed by atoms with Crippen LogP contribution in [-0.4, -0.2) is 68.1 Å². The van der Waals surface area contributed by atoms with Gasteiger partial charge >= 0.3 is 5.97 Å². The largest absolute Gasteiger partial charge is 0.481 e. The number of carbonyl (C=O) groups is 1. The number of hydrogen-bond donors (Lipinski definition) is 2. The monoisotopic (exact) mass is 528 g/mol. The van der Waals surface area contributed by atoms with E-state index in [9.17, 15) is 9.90 Å². The van der Waals surface area contributed by atoms with Crippen LogP contribution in [0.25, 0.3) is 5.65 Å². The van der Waals surface area contributed by atoms with Crippen LogP contribution >= 0.6 is 0 Å². The van der Waals surface area contributed by atoms with Gasteiger partial charge in [-0.3, -0.25) is 4.79 Å². The number of aromatic nitrogens is 4. The molecule has 0 spiro atoms. The molecular formula is C30H36N6O3. The van der Waals surface area contributed by atoms with Crippen molar-refractivity contribution in [2.75, 3.05) is 31.5 Å². The van der Waals surface area contributed by atoms with Crippen LogP contribution in [0.1, 0.15) is 56.2 Å². The van der Waals surface area contributed by atoms with Crippen LogP contribution in [0.4, 0.5) is 5.82 Å². The molecule has 0 aliphatic carbocycles. The molecule has 5 rings (SSSR count). The van der Waals surface area contributed by atoms with E-state index in [1.807, 2.05) is 18.2 Å². The Balaban J connectivity index is 1.10. The number of rotatable bonds is 11. The summed E-state index contributed by atoms with van der Waals surface area (Å²) >= 11 is 0. The van der Waals surface area contributed by atoms with Gasteiger partial charge in [0.05, 0.1) is 6.10 Å². The second-order valence-corrected chi connectivity index (χ2v) is 10.6. The summed E-state index contributed by atoms with van der Waals surface area (Å²) in [6, 6.07) is 24.6. The predicted molar refractivity (Wildman–Crippen MR) is 150 cm³/mol. The fourth-order valence-electron chi connectivity index (χ4n) is 4.95. The van der Waals surface area contributed by atoms with E-state index in [4.69, 9.17) is 4.74 Å². The molecular weight excluding hydrogens is 492 g/mol. The highest BCUT2D eigenvalue weighted by molar-refractivity contribution is 5.79. The minimum Gasteiger partial charge on any atom is -0.481 e. The maximum atomic E-state index is 11.7. The zero-order chi connectivity index (χ0) is 27.2. The molecule has 2 aromatic heterocycles. The average Bonchev–Trinajstić information content (AvgIpc) is 3.40. The van der Waals surface area contributed by atoms with Gasteiger partial charge in [0, 0.05) is 19.6 Å². The molecule has 1 aliphatic rings. The average molecular weight is 529 g/mol. The molecule has 1 fully saturated rings. The fraction of sp³-hybridized carbons (Fsp3) is 0.400. The van der Waals surface area contributed by atoms with Crippen LogP contribution in [0.5, 0.6) is 0 Å². The van der Waals surface area contributed by atoms with E-state index >= 15 is 0 Å². The molecule has 9 nitrogen and oxygen atoms in total. The van der Waals surface area contributed by atoms with Crippen LogP contribution in [0.15, 0.2) is 72.8 Å². The molecule has 0 radical (unpaired) electrons. The first-order valence-corrected chi connectivity index (χ1v) is 13.6. The summed E-state index contributed by atoms with van der Waals surface area (Å²) in [5.41, 5.74) is 1.71. The standard InChI is InChI=1S/C30H36N6O3/c1-30(2,29(37)38)28-33-32-26-15-14-25(34-36(26)28)31-18-9-19-35-20-16-24(17-21-35)39-27(22-10-5-3-6-11-22)23-12-7-4-8-13-23/h3-8,10-15,24,27H,9,16-21H2,1-2H3,(H,31,34)(H,37,38). The SMILES string of the molecule is CC(C)(C(=O)O)c1nnc2ccc(NCCCN3CCC(OC(c4ccccc4)c4ccccc4)CC3)nn12. The van der Waals surface area contributed by atoms with E-state index < -0.39 is 11.4 Å². The quantitative estimate of drug-likeness (QED) is 0.273. The Labute approximate surface area is 228 Å². The summed E-state index contributed by atoms with van der Waals surface area (Å²) in [5.74, 6) is 0.00649. The van der Waals surface area contributed by atoms with E-state index in [-0.39, 0.29) is 12.2 Å². The Morgan fingerprint density at radius 1 is 1.00 bits per heavy atom. The van der Waals surface area contributed by atoms with E-state index in [1.165, 1.54) is 15.6 Å². The third-order valence-corrected chi connectivity index (χ3v) is 7.38. The molecule has 39 heavy (non-hydrogen) atoms. The molecule has 0 unspecified atom stereocenters. The molecule has 0 atom stereocenters. The van der Waals surface area contributed by atoms with Crippen molar-refractivity contribution in [3.05, 3.63) is 89.7 Å². The maximum absolute atomic E-state index is 11.7. The van der Waals surface area contributed by atoms with Gasteiger partial charge in [-0.15, -0.1) is 15.3 Å². The highest BCUT2D eigenvalue weighted by Gasteiger charge is 2.35. The number of benzene rings is 2. The molecule has 0 saturated carbocycles. The number of likely N-dealkylation sites (tertiary alicyclic amines) is 1. The van der Waals surface area contributed by atoms with Crippen molar-refractivity contribution in [2.24, 2.45) is 0 Å². The molecule has 3 heterocycles. The molecule has 1 saturated heterocycles. The normalized spacial score (nSPS) is 15.2. The minimum atomic E-state index is -1.19. The molecule has 1 aliphatic heterocycles. The number of nitrogens with zero attached hydrogens (tertiary/aromatic N) is 5. The zero-order valence-corrected chi connectivity index (χ0v) is 22.5. The molecule has 0 amide bonds. The number of carboxylic acids is 1. The van der Waals surface area contributed by atoms with Crippen LogP contribution in [0.2, 0.25) is 0 Å². The zero-order valence-electron chi connectivity index (χ0n) is 22.5. The lowest BCUT2D eigenvalue weighted by Gasteiger charge is -2.34. The number of anilines is 1. The summed E-state index contributed by atoms with van der Waals surface area (Å²) in [4.78, 5) is 14.2. The summed E-state index contributed by atoms with van der Waals surface area (Å²) < 4.78 is 8.19. The Bertz CT molecular complexity index is 1330. The van der Waals surface area contributed by atoms with Crippen LogP contribution in [0.3, 0.4) is 0 Å². The number of fused-ring (bicyclic) bond motifs is 1. The topological polar surface area (TPSA) is 105 Å². The number of nitrogens with one attached hydrogen (secondary N) is 1. The lowest BCUT2D eigenvalue weighted by molar-refractivity contribution is -0.142. The summed E-state index contributed by atoms with van der Waals surface area (Å²) in [6.45, 7) is 6.99. The third kappa shape index (κ3) is 6.26. The van der Waals surface area contributed by atoms with Gasteiger partial charge in [-0.25, -0.2) is 0 Å². The predicted octanol–water partition coefficient (Wildman–Crippen LogP) is 4.56. The molecule has 0 bridgehead atoms.